The molecule has 1 aromatic carbocycles. The van der Waals surface area contributed by atoms with Gasteiger partial charge in [0, 0.05) is 16.8 Å². The molecule has 1 aliphatic rings. The van der Waals surface area contributed by atoms with Crippen LogP contribution in [0.2, 0.25) is 10.0 Å². The molecule has 0 bridgehead atoms. The number of carbonyl (C=O) groups excluding carboxylic acids is 1. The Bertz CT molecular complexity index is 1110. The monoisotopic (exact) mass is 475 g/mol. The van der Waals surface area contributed by atoms with E-state index in [1.807, 2.05) is 30.3 Å². The highest BCUT2D eigenvalue weighted by atomic mass is 35.5. The maximum absolute atomic E-state index is 12.2. The third-order valence-corrected chi connectivity index (χ3v) is 5.82. The molecule has 1 aliphatic heterocycles. The number of hydrogen-bond acceptors (Lipinski definition) is 5. The third-order valence-electron chi connectivity index (χ3n) is 4.92. The van der Waals surface area contributed by atoms with Crippen LogP contribution in [0.3, 0.4) is 0 Å². The summed E-state index contributed by atoms with van der Waals surface area (Å²) in [7, 11) is 0. The van der Waals surface area contributed by atoms with E-state index in [1.54, 1.807) is 36.2 Å². The van der Waals surface area contributed by atoms with E-state index in [2.05, 4.69) is 10.3 Å². The molecule has 2 aromatic heterocycles. The molecule has 0 radical (unpaired) electrons. The maximum Gasteiger partial charge on any atom is 0.325 e. The second kappa shape index (κ2) is 9.26. The summed E-state index contributed by atoms with van der Waals surface area (Å²) in [5, 5.41) is 4.72. The molecule has 160 valence electrons. The van der Waals surface area contributed by atoms with Gasteiger partial charge in [0.2, 0.25) is 0 Å². The summed E-state index contributed by atoms with van der Waals surface area (Å²) < 4.78 is 11.3. The van der Waals surface area contributed by atoms with Gasteiger partial charge in [-0.2, -0.15) is 0 Å². The van der Waals surface area contributed by atoms with E-state index in [9.17, 15) is 4.79 Å². The summed E-state index contributed by atoms with van der Waals surface area (Å²) >= 11 is 17.9. The number of hydrogen-bond donors (Lipinski definition) is 1. The van der Waals surface area contributed by atoms with Crippen molar-refractivity contribution in [2.24, 2.45) is 0 Å². The molecule has 3 aromatic rings. The van der Waals surface area contributed by atoms with Crippen LogP contribution < -0.4 is 5.32 Å². The lowest BCUT2D eigenvalue weighted by Gasteiger charge is -2.25. The minimum atomic E-state index is -0.397. The fourth-order valence-electron chi connectivity index (χ4n) is 3.58. The van der Waals surface area contributed by atoms with Crippen molar-refractivity contribution in [2.45, 2.75) is 19.0 Å². The summed E-state index contributed by atoms with van der Waals surface area (Å²) in [5.74, 6) is 0.838. The number of nitrogens with zero attached hydrogens (tertiary/aromatic N) is 2. The van der Waals surface area contributed by atoms with Gasteiger partial charge < -0.3 is 19.4 Å². The van der Waals surface area contributed by atoms with Crippen molar-refractivity contribution in [3.05, 3.63) is 76.2 Å². The van der Waals surface area contributed by atoms with Gasteiger partial charge in [-0.3, -0.25) is 9.78 Å². The largest absolute Gasteiger partial charge is 0.465 e. The molecule has 9 heteroatoms. The number of thiocarbonyl (C=S) groups is 1. The molecule has 31 heavy (non-hydrogen) atoms. The highest BCUT2D eigenvalue weighted by Crippen LogP contribution is 2.41. The van der Waals surface area contributed by atoms with Gasteiger partial charge in [-0.15, -0.1) is 0 Å². The van der Waals surface area contributed by atoms with E-state index in [0.29, 0.717) is 33.3 Å². The third kappa shape index (κ3) is 4.54. The molecule has 6 nitrogen and oxygen atoms in total. The number of ether oxygens (including phenoxy) is 1. The summed E-state index contributed by atoms with van der Waals surface area (Å²) in [6.45, 7) is 2.05. The van der Waals surface area contributed by atoms with Crippen molar-refractivity contribution in [3.63, 3.8) is 0 Å². The van der Waals surface area contributed by atoms with Crippen LogP contribution in [-0.2, 0) is 9.53 Å². The van der Waals surface area contributed by atoms with Crippen LogP contribution in [-0.4, -0.2) is 34.1 Å². The van der Waals surface area contributed by atoms with E-state index >= 15 is 0 Å². The van der Waals surface area contributed by atoms with Crippen molar-refractivity contribution < 1.29 is 13.9 Å². The number of esters is 1. The van der Waals surface area contributed by atoms with E-state index in [4.69, 9.17) is 44.6 Å². The lowest BCUT2D eigenvalue weighted by molar-refractivity contribution is -0.143. The molecule has 0 spiro atoms. The second-order valence-electron chi connectivity index (χ2n) is 6.89. The van der Waals surface area contributed by atoms with Crippen LogP contribution in [0.15, 0.2) is 59.1 Å². The molecule has 0 saturated carbocycles. The highest BCUT2D eigenvalue weighted by molar-refractivity contribution is 7.80. The Balaban J connectivity index is 1.72. The summed E-state index contributed by atoms with van der Waals surface area (Å²) in [6.07, 6.45) is 1.71. The van der Waals surface area contributed by atoms with E-state index < -0.39 is 6.04 Å². The van der Waals surface area contributed by atoms with Gasteiger partial charge in [0.25, 0.3) is 0 Å². The minimum absolute atomic E-state index is 0.00852. The summed E-state index contributed by atoms with van der Waals surface area (Å²) in [5.41, 5.74) is 1.50. The first-order valence-electron chi connectivity index (χ1n) is 9.66. The minimum Gasteiger partial charge on any atom is -0.465 e. The number of pyridine rings is 1. The first-order valence-corrected chi connectivity index (χ1v) is 10.8. The average molecular weight is 476 g/mol. The molecule has 2 atom stereocenters. The van der Waals surface area contributed by atoms with Gasteiger partial charge in [0.15, 0.2) is 5.11 Å². The Labute approximate surface area is 195 Å². The summed E-state index contributed by atoms with van der Waals surface area (Å²) in [4.78, 5) is 18.5. The molecule has 1 N–H and O–H groups in total. The topological polar surface area (TPSA) is 67.6 Å². The fraction of sp³-hybridized carbons (Fsp3) is 0.227. The quantitative estimate of drug-likeness (QED) is 0.388. The Morgan fingerprint density at radius 3 is 2.81 bits per heavy atom. The predicted octanol–water partition coefficient (Wildman–Crippen LogP) is 5.18. The van der Waals surface area contributed by atoms with Gasteiger partial charge >= 0.3 is 5.97 Å². The Morgan fingerprint density at radius 1 is 1.26 bits per heavy atom. The number of carbonyl (C=O) groups is 1. The SMILES string of the molecule is CCOC(=O)CN1C(=S)N[C@H](c2ccccn2)[C@@H]1c1ccc(-c2ccc(Cl)cc2Cl)o1. The Morgan fingerprint density at radius 2 is 2.10 bits per heavy atom. The molecule has 3 heterocycles. The molecule has 0 aliphatic carbocycles. The predicted molar refractivity (Wildman–Crippen MR) is 123 cm³/mol. The number of furan rings is 1. The van der Waals surface area contributed by atoms with Crippen LogP contribution in [0.5, 0.6) is 0 Å². The second-order valence-corrected chi connectivity index (χ2v) is 8.12. The normalized spacial score (nSPS) is 18.2. The van der Waals surface area contributed by atoms with Gasteiger partial charge in [-0.05, 0) is 61.6 Å². The first kappa shape index (κ1) is 21.6. The van der Waals surface area contributed by atoms with Crippen LogP contribution >= 0.6 is 35.4 Å². The number of aromatic nitrogens is 1. The standard InChI is InChI=1S/C22H19Cl2N3O3S/c1-2-29-19(28)12-27-21(20(26-22(27)31)16-5-3-4-10-25-16)18-9-8-17(30-18)14-7-6-13(23)11-15(14)24/h3-11,20-21H,2,12H2,1H3,(H,26,31)/t20-,21+/m1/s1. The first-order chi connectivity index (χ1) is 15.0. The van der Waals surface area contributed by atoms with E-state index in [1.165, 1.54) is 0 Å². The fourth-order valence-corrected chi connectivity index (χ4v) is 4.38. The van der Waals surface area contributed by atoms with Crippen molar-refractivity contribution in [1.29, 1.82) is 0 Å². The zero-order valence-electron chi connectivity index (χ0n) is 16.5. The lowest BCUT2D eigenvalue weighted by Crippen LogP contribution is -2.35. The van der Waals surface area contributed by atoms with Crippen LogP contribution in [0.1, 0.15) is 30.5 Å². The zero-order valence-corrected chi connectivity index (χ0v) is 18.9. The number of benzene rings is 1. The number of halogens is 2. The highest BCUT2D eigenvalue weighted by Gasteiger charge is 2.42. The van der Waals surface area contributed by atoms with Crippen molar-refractivity contribution in [3.8, 4) is 11.3 Å². The lowest BCUT2D eigenvalue weighted by atomic mass is 10.0. The Hall–Kier alpha value is -2.61. The van der Waals surface area contributed by atoms with E-state index in [0.717, 1.165) is 11.3 Å². The van der Waals surface area contributed by atoms with Crippen molar-refractivity contribution in [2.75, 3.05) is 13.2 Å². The molecule has 4 rings (SSSR count). The van der Waals surface area contributed by atoms with Crippen molar-refractivity contribution in [1.82, 2.24) is 15.2 Å². The molecule has 0 amide bonds. The smallest absolute Gasteiger partial charge is 0.325 e. The average Bonchev–Trinajstić information content (AvgIpc) is 3.34. The summed E-state index contributed by atoms with van der Waals surface area (Å²) in [6, 6.07) is 13.9. The van der Waals surface area contributed by atoms with Gasteiger partial charge in [0.05, 0.1) is 23.4 Å². The van der Waals surface area contributed by atoms with Gasteiger partial charge in [-0.1, -0.05) is 29.3 Å². The Kier molecular flexibility index (Phi) is 6.46. The zero-order chi connectivity index (χ0) is 22.0. The van der Waals surface area contributed by atoms with Crippen LogP contribution in [0.4, 0.5) is 0 Å². The van der Waals surface area contributed by atoms with Gasteiger partial charge in [0.1, 0.15) is 24.1 Å². The molecule has 1 saturated heterocycles. The number of nitrogens with one attached hydrogen (secondary N) is 1. The number of rotatable bonds is 6. The van der Waals surface area contributed by atoms with Crippen LogP contribution in [0, 0.1) is 0 Å². The van der Waals surface area contributed by atoms with E-state index in [-0.39, 0.29) is 18.6 Å². The molecular weight excluding hydrogens is 457 g/mol. The molecule has 0 unspecified atom stereocenters. The molecule has 1 fully saturated rings. The van der Waals surface area contributed by atoms with Gasteiger partial charge in [-0.25, -0.2) is 0 Å². The van der Waals surface area contributed by atoms with Crippen molar-refractivity contribution >= 4 is 46.5 Å². The van der Waals surface area contributed by atoms with Crippen LogP contribution in [0.25, 0.3) is 11.3 Å². The maximum atomic E-state index is 12.2. The molecular formula is C22H19Cl2N3O3S.